The van der Waals surface area contributed by atoms with E-state index in [0.717, 1.165) is 43.2 Å². The average molecular weight is 573 g/mol. The first kappa shape index (κ1) is 31.5. The first-order valence-corrected chi connectivity index (χ1v) is 13.7. The third-order valence-electron chi connectivity index (χ3n) is 8.05. The fourth-order valence-corrected chi connectivity index (χ4v) is 5.58. The summed E-state index contributed by atoms with van der Waals surface area (Å²) in [5.74, 6) is -5.88. The predicted molar refractivity (Wildman–Crippen MR) is 140 cm³/mol. The first-order valence-electron chi connectivity index (χ1n) is 13.7. The molecule has 3 N–H and O–H groups in total. The van der Waals surface area contributed by atoms with Gasteiger partial charge in [0, 0.05) is 23.8 Å². The highest BCUT2D eigenvalue weighted by Crippen LogP contribution is 2.50. The van der Waals surface area contributed by atoms with Gasteiger partial charge in [-0.3, -0.25) is 4.79 Å². The van der Waals surface area contributed by atoms with Crippen LogP contribution in [0.3, 0.4) is 0 Å². The summed E-state index contributed by atoms with van der Waals surface area (Å²) in [5.41, 5.74) is 1.66. The van der Waals surface area contributed by atoms with Crippen LogP contribution < -0.4 is 4.74 Å². The Morgan fingerprint density at radius 1 is 0.925 bits per heavy atom. The smallest absolute Gasteiger partial charge is 0.453 e. The number of aliphatic carboxylic acids is 1. The molecule has 0 fully saturated rings. The number of carbonyl (C=O) groups is 1. The van der Waals surface area contributed by atoms with E-state index in [1.807, 2.05) is 18.2 Å². The lowest BCUT2D eigenvalue weighted by Crippen LogP contribution is -2.40. The van der Waals surface area contributed by atoms with Crippen molar-refractivity contribution < 1.29 is 46.8 Å². The number of unbranched alkanes of at least 4 members (excludes halogenated alkanes) is 4. The lowest BCUT2D eigenvalue weighted by Gasteiger charge is -2.43. The zero-order valence-electron chi connectivity index (χ0n) is 22.5. The molecule has 2 aromatic rings. The molecule has 0 saturated carbocycles. The molecule has 1 aliphatic heterocycles. The number of fused-ring (bicyclic) bond motifs is 1. The van der Waals surface area contributed by atoms with E-state index in [2.05, 4.69) is 6.92 Å². The van der Waals surface area contributed by atoms with Gasteiger partial charge in [0.1, 0.15) is 17.2 Å². The van der Waals surface area contributed by atoms with Gasteiger partial charge in [0.15, 0.2) is 0 Å². The Morgan fingerprint density at radius 2 is 1.52 bits per heavy atom. The highest BCUT2D eigenvalue weighted by Gasteiger charge is 2.56. The number of phenols is 2. The molecule has 0 aromatic heterocycles. The van der Waals surface area contributed by atoms with Crippen molar-refractivity contribution in [2.45, 2.75) is 94.6 Å². The third-order valence-corrected chi connectivity index (χ3v) is 8.05. The first-order chi connectivity index (χ1) is 18.7. The molecule has 0 aliphatic carbocycles. The van der Waals surface area contributed by atoms with Crippen molar-refractivity contribution in [3.63, 3.8) is 0 Å². The molecule has 0 radical (unpaired) electrons. The van der Waals surface area contributed by atoms with Gasteiger partial charge in [0.25, 0.3) is 0 Å². The SMILES string of the molecule is CC1(c2ccc(O)cc2)COc2cc(O)ccc2C1CCCCCCCC(CCCC(F)(F)C(F)(F)F)C(=O)O. The van der Waals surface area contributed by atoms with Gasteiger partial charge in [-0.1, -0.05) is 57.2 Å². The Hall–Kier alpha value is -3.04. The molecule has 3 rings (SSSR count). The van der Waals surface area contributed by atoms with Crippen LogP contribution in [0.2, 0.25) is 0 Å². The molecule has 0 saturated heterocycles. The number of carboxylic acid groups (broad SMARTS) is 1. The zero-order chi connectivity index (χ0) is 29.6. The van der Waals surface area contributed by atoms with Gasteiger partial charge in [0.2, 0.25) is 0 Å². The molecular weight excluding hydrogens is 535 g/mol. The van der Waals surface area contributed by atoms with Crippen molar-refractivity contribution >= 4 is 5.97 Å². The van der Waals surface area contributed by atoms with Crippen molar-refractivity contribution in [1.29, 1.82) is 0 Å². The molecule has 3 atom stereocenters. The predicted octanol–water partition coefficient (Wildman–Crippen LogP) is 8.33. The highest BCUT2D eigenvalue weighted by atomic mass is 19.4. The second-order valence-electron chi connectivity index (χ2n) is 11.0. The molecule has 0 amide bonds. The molecule has 222 valence electrons. The van der Waals surface area contributed by atoms with Crippen LogP contribution in [-0.4, -0.2) is 40.0 Å². The molecule has 2 aromatic carbocycles. The number of alkyl halides is 5. The quantitative estimate of drug-likeness (QED) is 0.157. The summed E-state index contributed by atoms with van der Waals surface area (Å²) in [4.78, 5) is 11.5. The number of carboxylic acids is 1. The maximum atomic E-state index is 13.1. The summed E-state index contributed by atoms with van der Waals surface area (Å²) in [6.07, 6.45) is -2.79. The molecule has 1 aliphatic rings. The molecule has 40 heavy (non-hydrogen) atoms. The maximum Gasteiger partial charge on any atom is 0.453 e. The number of hydrogen-bond acceptors (Lipinski definition) is 4. The third kappa shape index (κ3) is 7.79. The van der Waals surface area contributed by atoms with E-state index in [1.165, 1.54) is 0 Å². The lowest BCUT2D eigenvalue weighted by molar-refractivity contribution is -0.284. The molecule has 3 unspecified atom stereocenters. The summed E-state index contributed by atoms with van der Waals surface area (Å²) in [6.45, 7) is 2.53. The molecule has 10 heteroatoms. The van der Waals surface area contributed by atoms with E-state index >= 15 is 0 Å². The molecule has 5 nitrogen and oxygen atoms in total. The number of rotatable bonds is 14. The topological polar surface area (TPSA) is 87.0 Å². The van der Waals surface area contributed by atoms with Gasteiger partial charge in [-0.25, -0.2) is 0 Å². The van der Waals surface area contributed by atoms with Gasteiger partial charge >= 0.3 is 18.1 Å². The number of aromatic hydroxyl groups is 2. The van der Waals surface area contributed by atoms with Crippen LogP contribution in [0.5, 0.6) is 17.2 Å². The van der Waals surface area contributed by atoms with Gasteiger partial charge < -0.3 is 20.1 Å². The van der Waals surface area contributed by atoms with E-state index in [0.29, 0.717) is 18.8 Å². The van der Waals surface area contributed by atoms with E-state index in [9.17, 15) is 42.1 Å². The van der Waals surface area contributed by atoms with Crippen LogP contribution in [0.1, 0.15) is 88.2 Å². The summed E-state index contributed by atoms with van der Waals surface area (Å²) in [6, 6.07) is 12.2. The van der Waals surface area contributed by atoms with Crippen LogP contribution in [0.25, 0.3) is 0 Å². The Bertz CT molecular complexity index is 1120. The minimum Gasteiger partial charge on any atom is -0.508 e. The largest absolute Gasteiger partial charge is 0.508 e. The van der Waals surface area contributed by atoms with Crippen LogP contribution >= 0.6 is 0 Å². The molecule has 1 heterocycles. The van der Waals surface area contributed by atoms with Crippen LogP contribution in [-0.2, 0) is 10.2 Å². The Kier molecular flexibility index (Phi) is 10.3. The standard InChI is InChI=1S/C30H37F5O5/c1-28(21-11-13-22(36)14-12-21)19-40-26-18-23(37)15-16-24(26)25(28)10-6-4-2-3-5-8-20(27(38)39)9-7-17-29(31,32)30(33,34)35/h11-16,18,20,25,36-37H,2-10,17,19H2,1H3,(H,38,39). The molecule has 0 bridgehead atoms. The van der Waals surface area contributed by atoms with Gasteiger partial charge in [0.05, 0.1) is 12.5 Å². The zero-order valence-corrected chi connectivity index (χ0v) is 22.5. The van der Waals surface area contributed by atoms with Crippen LogP contribution in [0.15, 0.2) is 42.5 Å². The van der Waals surface area contributed by atoms with Crippen molar-refractivity contribution in [2.24, 2.45) is 5.92 Å². The van der Waals surface area contributed by atoms with Crippen molar-refractivity contribution in [3.8, 4) is 17.2 Å². The monoisotopic (exact) mass is 572 g/mol. The number of hydrogen-bond donors (Lipinski definition) is 3. The van der Waals surface area contributed by atoms with Gasteiger partial charge in [-0.15, -0.1) is 0 Å². The lowest BCUT2D eigenvalue weighted by atomic mass is 9.66. The highest BCUT2D eigenvalue weighted by molar-refractivity contribution is 5.69. The van der Waals surface area contributed by atoms with Crippen molar-refractivity contribution in [3.05, 3.63) is 53.6 Å². The molecular formula is C30H37F5O5. The normalized spacial score (nSPS) is 20.0. The number of benzene rings is 2. The van der Waals surface area contributed by atoms with Crippen LogP contribution in [0, 0.1) is 5.92 Å². The number of phenolic OH excluding ortho intramolecular Hbond substituents is 2. The molecule has 0 spiro atoms. The number of halogens is 5. The average Bonchev–Trinajstić information content (AvgIpc) is 2.87. The summed E-state index contributed by atoms with van der Waals surface area (Å²) in [7, 11) is 0. The number of ether oxygens (including phenoxy) is 1. The van der Waals surface area contributed by atoms with Crippen molar-refractivity contribution in [1.82, 2.24) is 0 Å². The second-order valence-corrected chi connectivity index (χ2v) is 11.0. The fraction of sp³-hybridized carbons (Fsp3) is 0.567. The minimum atomic E-state index is -5.62. The fourth-order valence-electron chi connectivity index (χ4n) is 5.58. The Labute approximate surface area is 231 Å². The summed E-state index contributed by atoms with van der Waals surface area (Å²) in [5, 5.41) is 29.0. The van der Waals surface area contributed by atoms with Crippen molar-refractivity contribution in [2.75, 3.05) is 6.61 Å². The Balaban J connectivity index is 1.50. The van der Waals surface area contributed by atoms with Crippen LogP contribution in [0.4, 0.5) is 22.0 Å². The maximum absolute atomic E-state index is 13.1. The second kappa shape index (κ2) is 13.1. The van der Waals surface area contributed by atoms with E-state index in [-0.39, 0.29) is 35.7 Å². The summed E-state index contributed by atoms with van der Waals surface area (Å²) < 4.78 is 69.2. The van der Waals surface area contributed by atoms with E-state index < -0.39 is 36.8 Å². The summed E-state index contributed by atoms with van der Waals surface area (Å²) >= 11 is 0. The van der Waals surface area contributed by atoms with Gasteiger partial charge in [-0.05, 0) is 55.0 Å². The minimum absolute atomic E-state index is 0.0904. The Morgan fingerprint density at radius 3 is 2.17 bits per heavy atom. The van der Waals surface area contributed by atoms with E-state index in [1.54, 1.807) is 24.3 Å². The van der Waals surface area contributed by atoms with Gasteiger partial charge in [-0.2, -0.15) is 22.0 Å². The van der Waals surface area contributed by atoms with E-state index in [4.69, 9.17) is 4.74 Å².